The normalized spacial score (nSPS) is 20.0. The molecular weight excluding hydrogens is 198 g/mol. The third kappa shape index (κ3) is 2.11. The van der Waals surface area contributed by atoms with E-state index in [2.05, 4.69) is 37.0 Å². The summed E-state index contributed by atoms with van der Waals surface area (Å²) in [4.78, 5) is 0. The molecule has 1 aromatic carbocycles. The first-order valence-electron chi connectivity index (χ1n) is 5.51. The van der Waals surface area contributed by atoms with Gasteiger partial charge in [0.1, 0.15) is 5.75 Å². The van der Waals surface area contributed by atoms with Crippen molar-refractivity contribution in [2.75, 3.05) is 7.11 Å². The third-order valence-corrected chi connectivity index (χ3v) is 2.97. The fourth-order valence-electron chi connectivity index (χ4n) is 1.74. The molecule has 0 bridgehead atoms. The fraction of sp³-hybridized carbons (Fsp3) is 0.286. The highest BCUT2D eigenvalue weighted by Gasteiger charge is 2.13. The summed E-state index contributed by atoms with van der Waals surface area (Å²) in [7, 11) is 1.68. The van der Waals surface area contributed by atoms with Crippen LogP contribution in [0.15, 0.2) is 42.6 Å². The Hall–Kier alpha value is -1.70. The molecule has 0 aromatic heterocycles. The van der Waals surface area contributed by atoms with Crippen LogP contribution in [-0.4, -0.2) is 7.11 Å². The molecule has 0 aliphatic carbocycles. The van der Waals surface area contributed by atoms with Crippen LogP contribution in [0.5, 0.6) is 5.75 Å². The molecule has 1 aromatic rings. The zero-order valence-electron chi connectivity index (χ0n) is 9.79. The van der Waals surface area contributed by atoms with Gasteiger partial charge in [-0.3, -0.25) is 0 Å². The number of ether oxygens (including phenoxy) is 1. The number of methoxy groups -OCH3 is 1. The Morgan fingerprint density at radius 2 is 2.00 bits per heavy atom. The minimum absolute atomic E-state index is 0.516. The van der Waals surface area contributed by atoms with Crippen LogP contribution in [0.4, 0.5) is 0 Å². The molecule has 1 atom stereocenters. The molecule has 16 heavy (non-hydrogen) atoms. The van der Waals surface area contributed by atoms with Crippen LogP contribution in [-0.2, 0) is 0 Å². The van der Waals surface area contributed by atoms with Gasteiger partial charge in [-0.05, 0) is 42.2 Å². The zero-order chi connectivity index (χ0) is 11.5. The summed E-state index contributed by atoms with van der Waals surface area (Å²) >= 11 is 0. The van der Waals surface area contributed by atoms with Crippen molar-refractivity contribution in [1.82, 2.24) is 5.32 Å². The average molecular weight is 215 g/mol. The predicted octanol–water partition coefficient (Wildman–Crippen LogP) is 3.18. The second-order valence-electron chi connectivity index (χ2n) is 4.13. The van der Waals surface area contributed by atoms with Crippen molar-refractivity contribution in [2.24, 2.45) is 5.92 Å². The Balaban J connectivity index is 2.21. The van der Waals surface area contributed by atoms with Crippen LogP contribution in [0, 0.1) is 5.92 Å². The maximum Gasteiger partial charge on any atom is 0.118 e. The molecule has 2 heteroatoms. The SMILES string of the molecule is C=C1NC(c2ccc(OC)cc2)=CCC1C. The Labute approximate surface area is 96.6 Å². The summed E-state index contributed by atoms with van der Waals surface area (Å²) in [6.07, 6.45) is 3.27. The molecule has 1 heterocycles. The molecule has 0 radical (unpaired) electrons. The van der Waals surface area contributed by atoms with Crippen molar-refractivity contribution in [3.8, 4) is 5.75 Å². The Kier molecular flexibility index (Phi) is 3.00. The second-order valence-corrected chi connectivity index (χ2v) is 4.13. The molecule has 0 amide bonds. The Bertz CT molecular complexity index is 417. The monoisotopic (exact) mass is 215 g/mol. The maximum absolute atomic E-state index is 5.14. The first-order valence-corrected chi connectivity index (χ1v) is 5.51. The molecule has 1 aliphatic rings. The minimum Gasteiger partial charge on any atom is -0.497 e. The summed E-state index contributed by atoms with van der Waals surface area (Å²) in [5.74, 6) is 1.40. The lowest BCUT2D eigenvalue weighted by Gasteiger charge is -2.23. The first kappa shape index (κ1) is 10.8. The van der Waals surface area contributed by atoms with Crippen molar-refractivity contribution < 1.29 is 4.74 Å². The van der Waals surface area contributed by atoms with E-state index in [1.54, 1.807) is 7.11 Å². The second kappa shape index (κ2) is 4.44. The molecule has 0 saturated heterocycles. The highest BCUT2D eigenvalue weighted by Crippen LogP contribution is 2.25. The van der Waals surface area contributed by atoms with E-state index in [9.17, 15) is 0 Å². The van der Waals surface area contributed by atoms with Crippen molar-refractivity contribution in [3.63, 3.8) is 0 Å². The minimum atomic E-state index is 0.516. The van der Waals surface area contributed by atoms with E-state index in [1.165, 1.54) is 5.56 Å². The fourth-order valence-corrected chi connectivity index (χ4v) is 1.74. The van der Waals surface area contributed by atoms with Crippen LogP contribution in [0.3, 0.4) is 0 Å². The van der Waals surface area contributed by atoms with Crippen molar-refractivity contribution in [2.45, 2.75) is 13.3 Å². The van der Waals surface area contributed by atoms with Crippen molar-refractivity contribution in [1.29, 1.82) is 0 Å². The molecule has 1 aliphatic heterocycles. The van der Waals surface area contributed by atoms with Crippen molar-refractivity contribution in [3.05, 3.63) is 48.2 Å². The number of nitrogens with one attached hydrogen (secondary N) is 1. The van der Waals surface area contributed by atoms with E-state index in [0.717, 1.165) is 23.6 Å². The summed E-state index contributed by atoms with van der Waals surface area (Å²) in [5, 5.41) is 3.35. The van der Waals surface area contributed by atoms with Crippen molar-refractivity contribution >= 4 is 5.70 Å². The van der Waals surface area contributed by atoms with E-state index in [1.807, 2.05) is 12.1 Å². The van der Waals surface area contributed by atoms with E-state index in [0.29, 0.717) is 5.92 Å². The standard InChI is InChI=1S/C14H17NO/c1-10-4-9-14(15-11(10)2)12-5-7-13(16-3)8-6-12/h5-10,15H,2,4H2,1,3H3. The summed E-state index contributed by atoms with van der Waals surface area (Å²) in [6.45, 7) is 6.21. The van der Waals surface area contributed by atoms with Gasteiger partial charge in [0.15, 0.2) is 0 Å². The van der Waals surface area contributed by atoms with Gasteiger partial charge in [0.05, 0.1) is 7.11 Å². The smallest absolute Gasteiger partial charge is 0.118 e. The summed E-state index contributed by atoms with van der Waals surface area (Å²) in [6, 6.07) is 8.05. The Morgan fingerprint density at radius 3 is 2.56 bits per heavy atom. The van der Waals surface area contributed by atoms with Gasteiger partial charge in [-0.15, -0.1) is 0 Å². The molecule has 2 rings (SSSR count). The topological polar surface area (TPSA) is 21.3 Å². The summed E-state index contributed by atoms with van der Waals surface area (Å²) < 4.78 is 5.14. The zero-order valence-corrected chi connectivity index (χ0v) is 9.79. The lowest BCUT2D eigenvalue weighted by Crippen LogP contribution is -2.20. The highest BCUT2D eigenvalue weighted by atomic mass is 16.5. The molecule has 1 N–H and O–H groups in total. The molecule has 1 unspecified atom stereocenters. The Morgan fingerprint density at radius 1 is 1.31 bits per heavy atom. The first-order chi connectivity index (χ1) is 7.70. The van der Waals surface area contributed by atoms with E-state index >= 15 is 0 Å². The molecule has 2 nitrogen and oxygen atoms in total. The predicted molar refractivity (Wildman–Crippen MR) is 67.0 cm³/mol. The van der Waals surface area contributed by atoms with Gasteiger partial charge >= 0.3 is 0 Å². The van der Waals surface area contributed by atoms with Gasteiger partial charge < -0.3 is 10.1 Å². The van der Waals surface area contributed by atoms with Gasteiger partial charge in [-0.25, -0.2) is 0 Å². The number of hydrogen-bond acceptors (Lipinski definition) is 2. The number of benzene rings is 1. The van der Waals surface area contributed by atoms with Crippen LogP contribution >= 0.6 is 0 Å². The maximum atomic E-state index is 5.14. The molecule has 0 fully saturated rings. The summed E-state index contributed by atoms with van der Waals surface area (Å²) in [5.41, 5.74) is 3.41. The van der Waals surface area contributed by atoms with Gasteiger partial charge in [-0.1, -0.05) is 19.6 Å². The van der Waals surface area contributed by atoms with Gasteiger partial charge in [-0.2, -0.15) is 0 Å². The van der Waals surface area contributed by atoms with Gasteiger partial charge in [0.25, 0.3) is 0 Å². The average Bonchev–Trinajstić information content (AvgIpc) is 2.33. The van der Waals surface area contributed by atoms with Crippen LogP contribution < -0.4 is 10.1 Å². The molecule has 84 valence electrons. The lowest BCUT2D eigenvalue weighted by atomic mass is 9.97. The third-order valence-electron chi connectivity index (χ3n) is 2.97. The van der Waals surface area contributed by atoms with Crippen LogP contribution in [0.1, 0.15) is 18.9 Å². The molecule has 0 saturated carbocycles. The quantitative estimate of drug-likeness (QED) is 0.818. The van der Waals surface area contributed by atoms with Crippen LogP contribution in [0.2, 0.25) is 0 Å². The van der Waals surface area contributed by atoms with E-state index in [-0.39, 0.29) is 0 Å². The number of rotatable bonds is 2. The largest absolute Gasteiger partial charge is 0.497 e. The molecular formula is C14H17NO. The molecule has 0 spiro atoms. The van der Waals surface area contributed by atoms with Gasteiger partial charge in [0.2, 0.25) is 0 Å². The van der Waals surface area contributed by atoms with Gasteiger partial charge in [0, 0.05) is 11.4 Å². The number of allylic oxidation sites excluding steroid dienone is 2. The van der Waals surface area contributed by atoms with E-state index < -0.39 is 0 Å². The van der Waals surface area contributed by atoms with E-state index in [4.69, 9.17) is 4.74 Å². The lowest BCUT2D eigenvalue weighted by molar-refractivity contribution is 0.415. The number of hydrogen-bond donors (Lipinski definition) is 1. The van der Waals surface area contributed by atoms with Crippen LogP contribution in [0.25, 0.3) is 5.70 Å². The highest BCUT2D eigenvalue weighted by molar-refractivity contribution is 5.67.